The fourth-order valence-corrected chi connectivity index (χ4v) is 5.83. The van der Waals surface area contributed by atoms with Crippen LogP contribution < -0.4 is 4.74 Å². The molecule has 38 heavy (non-hydrogen) atoms. The number of amides is 1. The van der Waals surface area contributed by atoms with E-state index in [-0.39, 0.29) is 18.1 Å². The van der Waals surface area contributed by atoms with E-state index in [2.05, 4.69) is 14.9 Å². The van der Waals surface area contributed by atoms with Gasteiger partial charge >= 0.3 is 6.18 Å². The summed E-state index contributed by atoms with van der Waals surface area (Å²) in [5, 5.41) is 0. The van der Waals surface area contributed by atoms with Crippen molar-refractivity contribution in [3.8, 4) is 5.88 Å². The van der Waals surface area contributed by atoms with Gasteiger partial charge in [-0.15, -0.1) is 0 Å². The van der Waals surface area contributed by atoms with E-state index in [0.29, 0.717) is 63.3 Å². The number of benzene rings is 1. The molecular formula is C27H32F3N5O3. The number of piperazine rings is 1. The van der Waals surface area contributed by atoms with Crippen LogP contribution in [0, 0.1) is 0 Å². The molecule has 3 saturated heterocycles. The van der Waals surface area contributed by atoms with Gasteiger partial charge < -0.3 is 14.4 Å². The molecule has 1 aromatic carbocycles. The summed E-state index contributed by atoms with van der Waals surface area (Å²) in [7, 11) is 0. The highest BCUT2D eigenvalue weighted by Gasteiger charge is 2.42. The molecule has 4 fully saturated rings. The maximum atomic E-state index is 13.9. The van der Waals surface area contributed by atoms with E-state index in [1.807, 2.05) is 9.80 Å². The van der Waals surface area contributed by atoms with Crippen LogP contribution in [0.3, 0.4) is 0 Å². The van der Waals surface area contributed by atoms with Gasteiger partial charge in [0, 0.05) is 57.6 Å². The number of hydrogen-bond donors (Lipinski definition) is 0. The van der Waals surface area contributed by atoms with Gasteiger partial charge in [0.15, 0.2) is 0 Å². The number of rotatable bonds is 6. The average molecular weight is 532 g/mol. The summed E-state index contributed by atoms with van der Waals surface area (Å²) in [6.45, 7) is 4.37. The van der Waals surface area contributed by atoms with E-state index in [1.54, 1.807) is 18.5 Å². The van der Waals surface area contributed by atoms with E-state index < -0.39 is 17.8 Å². The van der Waals surface area contributed by atoms with E-state index in [4.69, 9.17) is 9.47 Å². The SMILES string of the molecule is O=C(C(c1cccc(C(F)(F)F)c1)N1CCOCC1)N1CCN2C[C@H](Oc3cnc(C4CC4)cn3)C[C@H]2C1. The third kappa shape index (κ3) is 5.50. The minimum Gasteiger partial charge on any atom is -0.472 e. The van der Waals surface area contributed by atoms with Crippen LogP contribution in [0.15, 0.2) is 36.7 Å². The van der Waals surface area contributed by atoms with Crippen LogP contribution >= 0.6 is 0 Å². The Morgan fingerprint density at radius 3 is 2.58 bits per heavy atom. The van der Waals surface area contributed by atoms with Gasteiger partial charge in [0.25, 0.3) is 0 Å². The van der Waals surface area contributed by atoms with Crippen LogP contribution in [0.1, 0.15) is 48.0 Å². The van der Waals surface area contributed by atoms with Gasteiger partial charge in [-0.2, -0.15) is 13.2 Å². The molecule has 1 unspecified atom stereocenters. The molecule has 3 aliphatic heterocycles. The number of halogens is 3. The summed E-state index contributed by atoms with van der Waals surface area (Å²) in [4.78, 5) is 28.9. The molecule has 3 atom stereocenters. The fraction of sp³-hybridized carbons (Fsp3) is 0.593. The second kappa shape index (κ2) is 10.4. The van der Waals surface area contributed by atoms with Crippen molar-refractivity contribution < 1.29 is 27.4 Å². The summed E-state index contributed by atoms with van der Waals surface area (Å²) >= 11 is 0. The molecule has 8 nitrogen and oxygen atoms in total. The Hall–Kier alpha value is -2.76. The summed E-state index contributed by atoms with van der Waals surface area (Å²) in [6.07, 6.45) is 2.07. The Bertz CT molecular complexity index is 1140. The fourth-order valence-electron chi connectivity index (χ4n) is 5.83. The minimum atomic E-state index is -4.47. The molecule has 204 valence electrons. The number of nitrogens with zero attached hydrogens (tertiary/aromatic N) is 5. The number of carbonyl (C=O) groups excluding carboxylic acids is 1. The molecule has 4 heterocycles. The molecule has 1 aromatic heterocycles. The van der Waals surface area contributed by atoms with Crippen LogP contribution in [0.2, 0.25) is 0 Å². The van der Waals surface area contributed by atoms with Crippen molar-refractivity contribution in [2.75, 3.05) is 52.5 Å². The number of carbonyl (C=O) groups is 1. The van der Waals surface area contributed by atoms with Crippen LogP contribution in [-0.2, 0) is 15.7 Å². The average Bonchev–Trinajstić information content (AvgIpc) is 3.69. The van der Waals surface area contributed by atoms with Crippen molar-refractivity contribution >= 4 is 5.91 Å². The van der Waals surface area contributed by atoms with E-state index in [9.17, 15) is 18.0 Å². The van der Waals surface area contributed by atoms with Gasteiger partial charge in [0.2, 0.25) is 11.8 Å². The number of ether oxygens (including phenoxy) is 2. The van der Waals surface area contributed by atoms with E-state index in [0.717, 1.165) is 30.8 Å². The Balaban J connectivity index is 1.14. The van der Waals surface area contributed by atoms with Gasteiger partial charge in [-0.25, -0.2) is 4.98 Å². The zero-order valence-corrected chi connectivity index (χ0v) is 21.1. The number of alkyl halides is 3. The normalized spacial score (nSPS) is 25.7. The first kappa shape index (κ1) is 25.5. The van der Waals surface area contributed by atoms with Crippen LogP contribution in [-0.4, -0.2) is 95.2 Å². The highest BCUT2D eigenvalue weighted by molar-refractivity contribution is 5.83. The van der Waals surface area contributed by atoms with Crippen molar-refractivity contribution in [2.45, 2.75) is 49.5 Å². The van der Waals surface area contributed by atoms with Crippen molar-refractivity contribution in [3.63, 3.8) is 0 Å². The molecule has 2 aromatic rings. The van der Waals surface area contributed by atoms with Crippen molar-refractivity contribution in [2.24, 2.45) is 0 Å². The molecule has 11 heteroatoms. The lowest BCUT2D eigenvalue weighted by Crippen LogP contribution is -2.55. The standard InChI is InChI=1S/C27H32F3N5O3/c28-27(29,30)20-3-1-2-19(12-20)25(33-8-10-37-11-9-33)26(36)35-7-6-34-17-22(13-21(34)16-35)38-24-15-31-23(14-32-24)18-4-5-18/h1-3,12,14-15,18,21-22,25H,4-11,13,16-17H2/t21-,22+,25?/m0/s1. The Morgan fingerprint density at radius 1 is 1.05 bits per heavy atom. The third-order valence-electron chi connectivity index (χ3n) is 8.00. The first-order valence-electron chi connectivity index (χ1n) is 13.4. The lowest BCUT2D eigenvalue weighted by atomic mass is 9.99. The monoisotopic (exact) mass is 531 g/mol. The molecule has 1 aliphatic carbocycles. The first-order valence-corrected chi connectivity index (χ1v) is 13.4. The third-order valence-corrected chi connectivity index (χ3v) is 8.00. The number of hydrogen-bond acceptors (Lipinski definition) is 7. The zero-order valence-electron chi connectivity index (χ0n) is 21.1. The molecule has 0 radical (unpaired) electrons. The molecular weight excluding hydrogens is 499 g/mol. The maximum Gasteiger partial charge on any atom is 0.416 e. The first-order chi connectivity index (χ1) is 18.3. The van der Waals surface area contributed by atoms with Crippen molar-refractivity contribution in [1.82, 2.24) is 24.7 Å². The molecule has 0 spiro atoms. The lowest BCUT2D eigenvalue weighted by molar-refractivity contribution is -0.142. The molecule has 6 rings (SSSR count). The Labute approximate surface area is 219 Å². The second-order valence-corrected chi connectivity index (χ2v) is 10.6. The van der Waals surface area contributed by atoms with Gasteiger partial charge in [-0.05, 0) is 30.5 Å². The van der Waals surface area contributed by atoms with Crippen molar-refractivity contribution in [3.05, 3.63) is 53.5 Å². The minimum absolute atomic E-state index is 0.0466. The predicted octanol–water partition coefficient (Wildman–Crippen LogP) is 3.11. The zero-order chi connectivity index (χ0) is 26.3. The Kier molecular flexibility index (Phi) is 7.00. The van der Waals surface area contributed by atoms with Gasteiger partial charge in [-0.3, -0.25) is 19.6 Å². The second-order valence-electron chi connectivity index (χ2n) is 10.6. The molecule has 1 amide bonds. The maximum absolute atomic E-state index is 13.9. The van der Waals surface area contributed by atoms with Crippen LogP contribution in [0.25, 0.3) is 0 Å². The van der Waals surface area contributed by atoms with Crippen molar-refractivity contribution in [1.29, 1.82) is 0 Å². The van der Waals surface area contributed by atoms with Crippen LogP contribution in [0.5, 0.6) is 5.88 Å². The van der Waals surface area contributed by atoms with Crippen LogP contribution in [0.4, 0.5) is 13.2 Å². The number of aromatic nitrogens is 2. The lowest BCUT2D eigenvalue weighted by Gasteiger charge is -2.41. The highest BCUT2D eigenvalue weighted by Crippen LogP contribution is 2.39. The largest absolute Gasteiger partial charge is 0.472 e. The van der Waals surface area contributed by atoms with Gasteiger partial charge in [-0.1, -0.05) is 12.1 Å². The smallest absolute Gasteiger partial charge is 0.416 e. The summed E-state index contributed by atoms with van der Waals surface area (Å²) in [5.74, 6) is 0.902. The summed E-state index contributed by atoms with van der Waals surface area (Å²) < 4.78 is 52.0. The predicted molar refractivity (Wildman–Crippen MR) is 132 cm³/mol. The van der Waals surface area contributed by atoms with E-state index >= 15 is 0 Å². The number of morpholine rings is 1. The summed E-state index contributed by atoms with van der Waals surface area (Å²) in [6, 6.07) is 4.52. The summed E-state index contributed by atoms with van der Waals surface area (Å²) in [5.41, 5.74) is 0.649. The van der Waals surface area contributed by atoms with Gasteiger partial charge in [0.1, 0.15) is 12.1 Å². The van der Waals surface area contributed by atoms with Gasteiger partial charge in [0.05, 0.1) is 36.9 Å². The number of fused-ring (bicyclic) bond motifs is 1. The quantitative estimate of drug-likeness (QED) is 0.568. The molecule has 4 aliphatic rings. The highest BCUT2D eigenvalue weighted by atomic mass is 19.4. The molecule has 0 bridgehead atoms. The Morgan fingerprint density at radius 2 is 1.87 bits per heavy atom. The van der Waals surface area contributed by atoms with E-state index in [1.165, 1.54) is 18.9 Å². The molecule has 0 N–H and O–H groups in total. The topological polar surface area (TPSA) is 71.0 Å². The molecule has 1 saturated carbocycles.